The van der Waals surface area contributed by atoms with E-state index < -0.39 is 10.0 Å². The average molecular weight is 300 g/mol. The van der Waals surface area contributed by atoms with E-state index in [0.717, 1.165) is 17.1 Å². The number of benzene rings is 1. The first-order chi connectivity index (χ1) is 10.00. The standard InChI is InChI=1S/C16H16N2O2S/c1-13-8-9-14(2)18(13)15-10-11-17(12-15)21(19,20)16-6-4-3-5-7-16/h3-12H,1-2H3. The lowest BCUT2D eigenvalue weighted by atomic mass is 10.4. The minimum Gasteiger partial charge on any atom is -0.317 e. The summed E-state index contributed by atoms with van der Waals surface area (Å²) in [4.78, 5) is 0.285. The van der Waals surface area contributed by atoms with Gasteiger partial charge in [-0.15, -0.1) is 0 Å². The third kappa shape index (κ3) is 2.29. The highest BCUT2D eigenvalue weighted by Gasteiger charge is 2.17. The summed E-state index contributed by atoms with van der Waals surface area (Å²) < 4.78 is 28.4. The van der Waals surface area contributed by atoms with Crippen LogP contribution >= 0.6 is 0 Å². The topological polar surface area (TPSA) is 44.0 Å². The lowest BCUT2D eigenvalue weighted by molar-refractivity contribution is 0.587. The molecule has 4 nitrogen and oxygen atoms in total. The molecule has 0 aliphatic heterocycles. The van der Waals surface area contributed by atoms with Gasteiger partial charge in [0.2, 0.25) is 0 Å². The Morgan fingerprint density at radius 1 is 0.857 bits per heavy atom. The van der Waals surface area contributed by atoms with E-state index >= 15 is 0 Å². The second-order valence-corrected chi connectivity index (χ2v) is 6.81. The summed E-state index contributed by atoms with van der Waals surface area (Å²) in [7, 11) is -3.53. The van der Waals surface area contributed by atoms with E-state index in [-0.39, 0.29) is 4.90 Å². The molecule has 1 aromatic carbocycles. The van der Waals surface area contributed by atoms with Crippen LogP contribution < -0.4 is 0 Å². The van der Waals surface area contributed by atoms with E-state index in [1.54, 1.807) is 48.8 Å². The molecule has 2 aromatic heterocycles. The molecule has 5 heteroatoms. The van der Waals surface area contributed by atoms with Crippen molar-refractivity contribution in [1.29, 1.82) is 0 Å². The molecule has 0 amide bonds. The van der Waals surface area contributed by atoms with E-state index in [2.05, 4.69) is 0 Å². The Morgan fingerprint density at radius 2 is 1.48 bits per heavy atom. The van der Waals surface area contributed by atoms with Crippen LogP contribution in [-0.4, -0.2) is 17.0 Å². The highest BCUT2D eigenvalue weighted by Crippen LogP contribution is 2.20. The summed E-state index contributed by atoms with van der Waals surface area (Å²) in [5, 5.41) is 0. The molecule has 0 radical (unpaired) electrons. The SMILES string of the molecule is Cc1ccc(C)n1-c1ccn(S(=O)(=O)c2ccccc2)c1. The highest BCUT2D eigenvalue weighted by molar-refractivity contribution is 7.90. The molecular formula is C16H16N2O2S. The number of aryl methyl sites for hydroxylation is 2. The van der Waals surface area contributed by atoms with Crippen molar-refractivity contribution in [2.45, 2.75) is 18.7 Å². The summed E-state index contributed by atoms with van der Waals surface area (Å²) >= 11 is 0. The first-order valence-electron chi connectivity index (χ1n) is 6.64. The van der Waals surface area contributed by atoms with Crippen molar-refractivity contribution < 1.29 is 8.42 Å². The average Bonchev–Trinajstić information content (AvgIpc) is 3.07. The Hall–Kier alpha value is -2.27. The maximum absolute atomic E-state index is 12.5. The Bertz CT molecular complexity index is 855. The Kier molecular flexibility index (Phi) is 3.22. The predicted molar refractivity (Wildman–Crippen MR) is 82.3 cm³/mol. The Balaban J connectivity index is 2.07. The van der Waals surface area contributed by atoms with Gasteiger partial charge in [0.25, 0.3) is 10.0 Å². The Morgan fingerprint density at radius 3 is 2.10 bits per heavy atom. The molecule has 0 atom stereocenters. The Labute approximate surface area is 124 Å². The minimum atomic E-state index is -3.53. The van der Waals surface area contributed by atoms with E-state index in [0.29, 0.717) is 0 Å². The van der Waals surface area contributed by atoms with Crippen LogP contribution in [0.15, 0.2) is 65.8 Å². The summed E-state index contributed by atoms with van der Waals surface area (Å²) in [6.45, 7) is 3.99. The largest absolute Gasteiger partial charge is 0.317 e. The third-order valence-corrected chi connectivity index (χ3v) is 5.15. The number of hydrogen-bond donors (Lipinski definition) is 0. The van der Waals surface area contributed by atoms with Crippen molar-refractivity contribution in [2.75, 3.05) is 0 Å². The van der Waals surface area contributed by atoms with Crippen LogP contribution in [0.5, 0.6) is 0 Å². The van der Waals surface area contributed by atoms with Crippen molar-refractivity contribution in [3.8, 4) is 5.69 Å². The second-order valence-electron chi connectivity index (χ2n) is 4.97. The highest BCUT2D eigenvalue weighted by atomic mass is 32.2. The zero-order chi connectivity index (χ0) is 15.0. The number of rotatable bonds is 3. The molecule has 0 N–H and O–H groups in total. The van der Waals surface area contributed by atoms with Crippen LogP contribution in [0.1, 0.15) is 11.4 Å². The number of nitrogens with zero attached hydrogens (tertiary/aromatic N) is 2. The minimum absolute atomic E-state index is 0.285. The van der Waals surface area contributed by atoms with Crippen LogP contribution in [0.2, 0.25) is 0 Å². The van der Waals surface area contributed by atoms with Crippen molar-refractivity contribution in [3.63, 3.8) is 0 Å². The molecule has 0 aliphatic carbocycles. The summed E-state index contributed by atoms with van der Waals surface area (Å²) in [5.41, 5.74) is 2.99. The molecule has 0 spiro atoms. The van der Waals surface area contributed by atoms with Crippen molar-refractivity contribution >= 4 is 10.0 Å². The molecule has 0 unspecified atom stereocenters. The van der Waals surface area contributed by atoms with Gasteiger partial charge in [0, 0.05) is 23.8 Å². The normalized spacial score (nSPS) is 11.7. The third-order valence-electron chi connectivity index (χ3n) is 3.50. The van der Waals surface area contributed by atoms with Gasteiger partial charge >= 0.3 is 0 Å². The quantitative estimate of drug-likeness (QED) is 0.746. The van der Waals surface area contributed by atoms with Gasteiger partial charge < -0.3 is 4.57 Å². The second kappa shape index (κ2) is 4.93. The van der Waals surface area contributed by atoms with Gasteiger partial charge in [-0.25, -0.2) is 12.4 Å². The summed E-state index contributed by atoms with van der Waals surface area (Å²) in [6, 6.07) is 14.3. The van der Waals surface area contributed by atoms with E-state index in [1.165, 1.54) is 3.97 Å². The molecule has 21 heavy (non-hydrogen) atoms. The van der Waals surface area contributed by atoms with E-state index in [9.17, 15) is 8.42 Å². The molecule has 0 bridgehead atoms. The zero-order valence-corrected chi connectivity index (χ0v) is 12.7. The van der Waals surface area contributed by atoms with Gasteiger partial charge in [0.05, 0.1) is 10.6 Å². The lowest BCUT2D eigenvalue weighted by Crippen LogP contribution is -2.10. The molecule has 0 saturated carbocycles. The van der Waals surface area contributed by atoms with Gasteiger partial charge in [-0.3, -0.25) is 0 Å². The van der Waals surface area contributed by atoms with Gasteiger partial charge in [-0.2, -0.15) is 0 Å². The van der Waals surface area contributed by atoms with Crippen LogP contribution in [0.3, 0.4) is 0 Å². The molecule has 0 aliphatic rings. The fraction of sp³-hybridized carbons (Fsp3) is 0.125. The molecule has 2 heterocycles. The van der Waals surface area contributed by atoms with Crippen LogP contribution in [0.25, 0.3) is 5.69 Å². The smallest absolute Gasteiger partial charge is 0.267 e. The first-order valence-corrected chi connectivity index (χ1v) is 8.08. The number of aromatic nitrogens is 2. The van der Waals surface area contributed by atoms with Crippen LogP contribution in [0, 0.1) is 13.8 Å². The zero-order valence-electron chi connectivity index (χ0n) is 11.9. The van der Waals surface area contributed by atoms with Gasteiger partial charge in [0.1, 0.15) is 0 Å². The molecule has 108 valence electrons. The van der Waals surface area contributed by atoms with Crippen LogP contribution in [-0.2, 0) is 10.0 Å². The van der Waals surface area contributed by atoms with Crippen LogP contribution in [0.4, 0.5) is 0 Å². The lowest BCUT2D eigenvalue weighted by Gasteiger charge is -2.07. The molecule has 0 saturated heterocycles. The predicted octanol–water partition coefficient (Wildman–Crippen LogP) is 3.13. The fourth-order valence-corrected chi connectivity index (χ4v) is 3.65. The van der Waals surface area contributed by atoms with Gasteiger partial charge in [-0.1, -0.05) is 18.2 Å². The molecule has 3 rings (SSSR count). The van der Waals surface area contributed by atoms with Crippen molar-refractivity contribution in [2.24, 2.45) is 0 Å². The first kappa shape index (κ1) is 13.7. The van der Waals surface area contributed by atoms with E-state index in [1.807, 2.05) is 30.5 Å². The van der Waals surface area contributed by atoms with Gasteiger partial charge in [0.15, 0.2) is 0 Å². The summed E-state index contributed by atoms with van der Waals surface area (Å²) in [5.74, 6) is 0. The maximum Gasteiger partial charge on any atom is 0.267 e. The number of hydrogen-bond acceptors (Lipinski definition) is 2. The van der Waals surface area contributed by atoms with E-state index in [4.69, 9.17) is 0 Å². The van der Waals surface area contributed by atoms with Crippen molar-refractivity contribution in [1.82, 2.24) is 8.54 Å². The van der Waals surface area contributed by atoms with Crippen molar-refractivity contribution in [3.05, 3.63) is 72.3 Å². The molecular weight excluding hydrogens is 284 g/mol. The molecule has 0 fully saturated rings. The fourth-order valence-electron chi connectivity index (χ4n) is 2.44. The summed E-state index contributed by atoms with van der Waals surface area (Å²) in [6.07, 6.45) is 3.22. The van der Waals surface area contributed by atoms with Gasteiger partial charge in [-0.05, 0) is 44.2 Å². The molecule has 3 aromatic rings. The monoisotopic (exact) mass is 300 g/mol. The maximum atomic E-state index is 12.5.